The quantitative estimate of drug-likeness (QED) is 0.0389. The minimum absolute atomic E-state index is 0.00473. The van der Waals surface area contributed by atoms with Crippen molar-refractivity contribution in [2.75, 3.05) is 37.7 Å². The van der Waals surface area contributed by atoms with Gasteiger partial charge in [-0.1, -0.05) is 88.8 Å². The van der Waals surface area contributed by atoms with Gasteiger partial charge in [0.2, 0.25) is 5.91 Å². The molecule has 69 heavy (non-hydrogen) atoms. The zero-order chi connectivity index (χ0) is 48.7. The van der Waals surface area contributed by atoms with Gasteiger partial charge in [-0.2, -0.15) is 0 Å². The summed E-state index contributed by atoms with van der Waals surface area (Å²) in [5, 5.41) is 7.00. The van der Waals surface area contributed by atoms with Crippen molar-refractivity contribution in [1.82, 2.24) is 9.80 Å². The van der Waals surface area contributed by atoms with Crippen LogP contribution >= 0.6 is 28.8 Å². The van der Waals surface area contributed by atoms with E-state index in [2.05, 4.69) is 48.6 Å². The molecule has 9 nitrogen and oxygen atoms in total. The average molecular weight is 991 g/mol. The van der Waals surface area contributed by atoms with Crippen molar-refractivity contribution in [3.05, 3.63) is 149 Å². The molecule has 0 saturated carbocycles. The first kappa shape index (κ1) is 51.4. The molecule has 0 aliphatic carbocycles. The van der Waals surface area contributed by atoms with Crippen LogP contribution in [0.15, 0.2) is 143 Å². The van der Waals surface area contributed by atoms with Crippen molar-refractivity contribution in [2.24, 2.45) is 0 Å². The van der Waals surface area contributed by atoms with E-state index in [1.807, 2.05) is 59.5 Å². The van der Waals surface area contributed by atoms with Crippen LogP contribution in [0.2, 0.25) is 5.02 Å². The molecule has 1 saturated heterocycles. The van der Waals surface area contributed by atoms with E-state index in [1.54, 1.807) is 48.2 Å². The SMILES string of the molecule is CCCCCCCCCCCCCC(=O)Nc1ccc(-c2cc(=O)oc3cc(O[C@H](C)C(=O)N4CCN(C(=O)CCP(Cl)(c5ccccc5)(c5ccccc5)c5ccccc5)CC4)ccc23)c(Cl)c1. The zero-order valence-electron chi connectivity index (χ0n) is 40.1. The molecule has 1 aromatic heterocycles. The van der Waals surface area contributed by atoms with Gasteiger partial charge < -0.3 is 9.73 Å². The Labute approximate surface area is 417 Å². The first-order valence-corrected chi connectivity index (χ1v) is 28.5. The Morgan fingerprint density at radius 3 is 1.74 bits per heavy atom. The standard InChI is InChI=1S/C57H66Cl2N3O6P/c1-3-4-5-6-7-8-9-10-11-12-22-29-54(63)60-44-30-32-49(52(58)40-44)51-42-56(65)68-53-41-45(31-33-50(51)53)67-43(2)57(66)62-37-35-61(36-38-62)55(64)34-39-69(59,46-23-16-13-17-24-46,47-25-18-14-19-26-47)48-27-20-15-21-28-48/h13-21,23-28,30-33,40-43H,3-12,22,29,34-39H2,1-2H3,(H,60,63)/t43-/m1/s1. The van der Waals surface area contributed by atoms with Crippen LogP contribution in [0.4, 0.5) is 5.69 Å². The predicted octanol–water partition coefficient (Wildman–Crippen LogP) is 12.3. The maximum atomic E-state index is 14.0. The summed E-state index contributed by atoms with van der Waals surface area (Å²) < 4.78 is 11.8. The fourth-order valence-corrected chi connectivity index (χ4v) is 15.8. The number of amides is 3. The Morgan fingerprint density at radius 2 is 1.19 bits per heavy atom. The molecule has 12 heteroatoms. The van der Waals surface area contributed by atoms with Crippen LogP contribution in [0, 0.1) is 0 Å². The summed E-state index contributed by atoms with van der Waals surface area (Å²) in [5.74, 6) is -3.52. The molecule has 1 aliphatic heterocycles. The van der Waals surface area contributed by atoms with E-state index in [0.29, 0.717) is 71.7 Å². The third kappa shape index (κ3) is 12.7. The number of benzene rings is 5. The summed E-state index contributed by atoms with van der Waals surface area (Å²) in [7, 11) is 0. The van der Waals surface area contributed by atoms with Gasteiger partial charge in [-0.3, -0.25) is 4.79 Å². The van der Waals surface area contributed by atoms with E-state index in [1.165, 1.54) is 57.4 Å². The molecule has 0 unspecified atom stereocenters. The molecule has 1 N–H and O–H groups in total. The van der Waals surface area contributed by atoms with Crippen molar-refractivity contribution in [3.8, 4) is 16.9 Å². The van der Waals surface area contributed by atoms with Gasteiger partial charge in [-0.05, 0) is 24.6 Å². The molecule has 2 heterocycles. The molecule has 1 fully saturated rings. The van der Waals surface area contributed by atoms with Gasteiger partial charge in [0.25, 0.3) is 0 Å². The predicted molar refractivity (Wildman–Crippen MR) is 286 cm³/mol. The Bertz CT molecular complexity index is 2610. The van der Waals surface area contributed by atoms with Crippen molar-refractivity contribution in [2.45, 2.75) is 103 Å². The molecular weight excluding hydrogens is 925 g/mol. The summed E-state index contributed by atoms with van der Waals surface area (Å²) in [6, 6.07) is 42.2. The van der Waals surface area contributed by atoms with Crippen molar-refractivity contribution in [1.29, 1.82) is 0 Å². The molecule has 5 aromatic carbocycles. The van der Waals surface area contributed by atoms with E-state index < -0.39 is 17.7 Å². The second-order valence-electron chi connectivity index (χ2n) is 18.3. The number of hydrogen-bond acceptors (Lipinski definition) is 6. The van der Waals surface area contributed by atoms with Crippen LogP contribution in [0.1, 0.15) is 97.3 Å². The van der Waals surface area contributed by atoms with E-state index in [4.69, 9.17) is 32.0 Å². The molecule has 0 spiro atoms. The smallest absolute Gasteiger partial charge is 0.0836 e. The molecule has 1 aliphatic rings. The Balaban J connectivity index is 0.920. The third-order valence-corrected chi connectivity index (χ3v) is 21.3. The first-order valence-electron chi connectivity index (χ1n) is 24.8. The summed E-state index contributed by atoms with van der Waals surface area (Å²) in [6.45, 7) is 5.42. The van der Waals surface area contributed by atoms with Crippen molar-refractivity contribution < 1.29 is 23.5 Å². The topological polar surface area (TPSA) is 109 Å². The van der Waals surface area contributed by atoms with E-state index in [9.17, 15) is 19.2 Å². The number of unbranched alkanes of at least 4 members (excludes halogenated alkanes) is 10. The number of hydrogen-bond donors (Lipinski definition) is 1. The monoisotopic (exact) mass is 989 g/mol. The number of nitrogens with zero attached hydrogens (tertiary/aromatic N) is 2. The van der Waals surface area contributed by atoms with Gasteiger partial charge >= 0.3 is 235 Å². The second-order valence-corrected chi connectivity index (χ2v) is 25.3. The van der Waals surface area contributed by atoms with Gasteiger partial charge in [0, 0.05) is 34.7 Å². The van der Waals surface area contributed by atoms with Gasteiger partial charge in [0.05, 0.1) is 5.02 Å². The molecule has 1 atom stereocenters. The van der Waals surface area contributed by atoms with Crippen molar-refractivity contribution in [3.63, 3.8) is 0 Å². The number of fused-ring (bicyclic) bond motifs is 1. The summed E-state index contributed by atoms with van der Waals surface area (Å²) in [4.78, 5) is 57.0. The fraction of sp³-hybridized carbons (Fsp3) is 0.368. The molecule has 7 rings (SSSR count). The van der Waals surface area contributed by atoms with Gasteiger partial charge in [-0.15, -0.1) is 0 Å². The maximum absolute atomic E-state index is 14.0. The van der Waals surface area contributed by atoms with E-state index >= 15 is 0 Å². The average Bonchev–Trinajstić information content (AvgIpc) is 3.37. The first-order chi connectivity index (χ1) is 33.5. The fourth-order valence-electron chi connectivity index (χ4n) is 9.63. The molecule has 6 aromatic rings. The summed E-state index contributed by atoms with van der Waals surface area (Å²) in [5.41, 5.74) is 1.48. The molecule has 364 valence electrons. The molecule has 0 radical (unpaired) electrons. The zero-order valence-corrected chi connectivity index (χ0v) is 42.5. The summed E-state index contributed by atoms with van der Waals surface area (Å²) >= 11 is 15.0. The van der Waals surface area contributed by atoms with E-state index in [-0.39, 0.29) is 29.7 Å². The van der Waals surface area contributed by atoms with Gasteiger partial charge in [0.15, 0.2) is 0 Å². The number of anilines is 1. The number of piperazine rings is 1. The minimum atomic E-state index is -3.62. The third-order valence-electron chi connectivity index (χ3n) is 13.5. The van der Waals surface area contributed by atoms with Gasteiger partial charge in [-0.25, -0.2) is 4.79 Å². The number of rotatable bonds is 23. The number of nitrogens with one attached hydrogen (secondary N) is 1. The van der Waals surface area contributed by atoms with Crippen LogP contribution in [-0.4, -0.2) is 66.0 Å². The number of carbonyl (C=O) groups excluding carboxylic acids is 3. The Hall–Kier alpha value is -5.47. The Morgan fingerprint density at radius 1 is 0.652 bits per heavy atom. The normalized spacial score (nSPS) is 13.9. The molecule has 3 amide bonds. The van der Waals surface area contributed by atoms with Crippen LogP contribution in [0.25, 0.3) is 22.1 Å². The summed E-state index contributed by atoms with van der Waals surface area (Å²) in [6.07, 6.45) is 13.7. The number of carbonyl (C=O) groups is 3. The van der Waals surface area contributed by atoms with Crippen molar-refractivity contribution >= 4 is 79.1 Å². The minimum Gasteiger partial charge on any atom is -0.0836 e. The van der Waals surface area contributed by atoms with Crippen LogP contribution in [0.3, 0.4) is 0 Å². The van der Waals surface area contributed by atoms with Crippen LogP contribution < -0.4 is 31.6 Å². The number of ether oxygens (including phenoxy) is 1. The van der Waals surface area contributed by atoms with Crippen LogP contribution in [-0.2, 0) is 14.4 Å². The molecule has 0 bridgehead atoms. The Kier molecular flexibility index (Phi) is 18.2. The van der Waals surface area contributed by atoms with Crippen LogP contribution in [0.5, 0.6) is 5.75 Å². The van der Waals surface area contributed by atoms with Gasteiger partial charge in [0.1, 0.15) is 5.58 Å². The number of halogens is 2. The van der Waals surface area contributed by atoms with E-state index in [0.717, 1.165) is 35.2 Å². The second kappa shape index (κ2) is 24.4. The molecular formula is C57H66Cl2N3O6P.